The van der Waals surface area contributed by atoms with E-state index in [0.29, 0.717) is 5.75 Å². The number of morpholine rings is 1. The summed E-state index contributed by atoms with van der Waals surface area (Å²) in [5.41, 5.74) is 3.21. The van der Waals surface area contributed by atoms with Crippen LogP contribution < -0.4 is 14.4 Å². The van der Waals surface area contributed by atoms with Crippen LogP contribution in [0.25, 0.3) is 0 Å². The van der Waals surface area contributed by atoms with E-state index in [2.05, 4.69) is 12.1 Å². The molecule has 5 nitrogen and oxygen atoms in total. The molecular weight excluding hydrogens is 306 g/mol. The zero-order chi connectivity index (χ0) is 16.5. The lowest BCUT2D eigenvalue weighted by Crippen LogP contribution is -3.14. The Kier molecular flexibility index (Phi) is 4.04. The van der Waals surface area contributed by atoms with Gasteiger partial charge >= 0.3 is 0 Å². The second kappa shape index (κ2) is 6.34. The Balaban J connectivity index is 1.79. The molecule has 2 aliphatic heterocycles. The fourth-order valence-corrected chi connectivity index (χ4v) is 3.56. The van der Waals surface area contributed by atoms with Crippen molar-refractivity contribution in [3.8, 4) is 17.2 Å². The Morgan fingerprint density at radius 2 is 1.79 bits per heavy atom. The maximum Gasteiger partial charge on any atom is 0.231 e. The van der Waals surface area contributed by atoms with E-state index in [9.17, 15) is 5.11 Å². The van der Waals surface area contributed by atoms with Crippen LogP contribution in [0, 0.1) is 6.92 Å². The number of nitrogens with one attached hydrogen (secondary N) is 1. The highest BCUT2D eigenvalue weighted by molar-refractivity contribution is 5.48. The average Bonchev–Trinajstić information content (AvgIpc) is 3.07. The second-order valence-corrected chi connectivity index (χ2v) is 6.38. The van der Waals surface area contributed by atoms with E-state index in [1.54, 1.807) is 6.07 Å². The largest absolute Gasteiger partial charge is 0.507 e. The van der Waals surface area contributed by atoms with Crippen molar-refractivity contribution < 1.29 is 24.2 Å². The zero-order valence-corrected chi connectivity index (χ0v) is 13.7. The molecule has 2 aromatic rings. The summed E-state index contributed by atoms with van der Waals surface area (Å²) in [6.07, 6.45) is 0. The smallest absolute Gasteiger partial charge is 0.231 e. The number of benzene rings is 2. The van der Waals surface area contributed by atoms with Crippen LogP contribution >= 0.6 is 0 Å². The molecule has 126 valence electrons. The molecule has 0 aliphatic carbocycles. The fraction of sp³-hybridized carbons (Fsp3) is 0.368. The molecule has 1 atom stereocenters. The molecule has 2 N–H and O–H groups in total. The fourth-order valence-electron chi connectivity index (χ4n) is 3.56. The molecule has 0 unspecified atom stereocenters. The van der Waals surface area contributed by atoms with Crippen molar-refractivity contribution in [3.63, 3.8) is 0 Å². The molecule has 2 aliphatic rings. The molecule has 2 heterocycles. The van der Waals surface area contributed by atoms with E-state index in [1.807, 2.05) is 25.1 Å². The Hall–Kier alpha value is -2.24. The lowest BCUT2D eigenvalue weighted by atomic mass is 9.94. The van der Waals surface area contributed by atoms with Gasteiger partial charge in [0, 0.05) is 5.56 Å². The van der Waals surface area contributed by atoms with Gasteiger partial charge in [-0.3, -0.25) is 0 Å². The predicted octanol–water partition coefficient (Wildman–Crippen LogP) is 1.43. The van der Waals surface area contributed by atoms with E-state index in [1.165, 1.54) is 4.90 Å². The van der Waals surface area contributed by atoms with Gasteiger partial charge in [0.25, 0.3) is 0 Å². The first-order valence-corrected chi connectivity index (χ1v) is 8.34. The summed E-state index contributed by atoms with van der Waals surface area (Å²) >= 11 is 0. The van der Waals surface area contributed by atoms with E-state index >= 15 is 0 Å². The van der Waals surface area contributed by atoms with E-state index in [-0.39, 0.29) is 12.8 Å². The van der Waals surface area contributed by atoms with Crippen molar-refractivity contribution in [2.45, 2.75) is 13.0 Å². The Morgan fingerprint density at radius 3 is 2.62 bits per heavy atom. The number of rotatable bonds is 3. The minimum Gasteiger partial charge on any atom is -0.507 e. The molecule has 0 saturated carbocycles. The van der Waals surface area contributed by atoms with Crippen molar-refractivity contribution in [2.24, 2.45) is 0 Å². The summed E-state index contributed by atoms with van der Waals surface area (Å²) in [6.45, 7) is 5.61. The zero-order valence-electron chi connectivity index (χ0n) is 13.7. The first kappa shape index (κ1) is 15.3. The van der Waals surface area contributed by atoms with Crippen molar-refractivity contribution in [1.82, 2.24) is 0 Å². The number of ether oxygens (including phenoxy) is 3. The van der Waals surface area contributed by atoms with E-state index < -0.39 is 0 Å². The first-order valence-electron chi connectivity index (χ1n) is 8.34. The van der Waals surface area contributed by atoms with Crippen LogP contribution in [-0.4, -0.2) is 38.2 Å². The molecule has 5 heteroatoms. The third-order valence-electron chi connectivity index (χ3n) is 4.77. The molecule has 0 amide bonds. The lowest BCUT2D eigenvalue weighted by Gasteiger charge is -2.32. The van der Waals surface area contributed by atoms with Gasteiger partial charge in [-0.25, -0.2) is 0 Å². The van der Waals surface area contributed by atoms with Crippen LogP contribution in [0.4, 0.5) is 0 Å². The maximum atomic E-state index is 10.5. The van der Waals surface area contributed by atoms with E-state index in [4.69, 9.17) is 14.2 Å². The number of quaternary nitrogens is 1. The highest BCUT2D eigenvalue weighted by Gasteiger charge is 2.31. The number of fused-ring (bicyclic) bond motifs is 1. The lowest BCUT2D eigenvalue weighted by molar-refractivity contribution is -0.933. The molecule has 0 spiro atoms. The number of aryl methyl sites for hydroxylation is 1. The summed E-state index contributed by atoms with van der Waals surface area (Å²) in [7, 11) is 0. The Bertz CT molecular complexity index is 740. The van der Waals surface area contributed by atoms with Crippen molar-refractivity contribution in [2.75, 3.05) is 33.1 Å². The minimum absolute atomic E-state index is 0.0447. The van der Waals surface area contributed by atoms with Crippen molar-refractivity contribution >= 4 is 0 Å². The van der Waals surface area contributed by atoms with Gasteiger partial charge in [0.05, 0.1) is 18.8 Å². The van der Waals surface area contributed by atoms with Crippen LogP contribution in [0.2, 0.25) is 0 Å². The number of hydrogen-bond donors (Lipinski definition) is 2. The summed E-state index contributed by atoms with van der Waals surface area (Å²) in [5, 5.41) is 10.5. The topological polar surface area (TPSA) is 52.4 Å². The predicted molar refractivity (Wildman–Crippen MR) is 88.8 cm³/mol. The van der Waals surface area contributed by atoms with Gasteiger partial charge in [0.1, 0.15) is 24.9 Å². The molecular formula is C19H22NO4+. The van der Waals surface area contributed by atoms with Gasteiger partial charge in [0.2, 0.25) is 6.79 Å². The highest BCUT2D eigenvalue weighted by Crippen LogP contribution is 2.36. The molecule has 2 aromatic carbocycles. The first-order chi connectivity index (χ1) is 11.7. The molecule has 1 fully saturated rings. The normalized spacial score (nSPS) is 18.5. The quantitative estimate of drug-likeness (QED) is 0.895. The van der Waals surface area contributed by atoms with Gasteiger partial charge in [-0.15, -0.1) is 0 Å². The third kappa shape index (κ3) is 2.81. The van der Waals surface area contributed by atoms with Gasteiger partial charge in [0.15, 0.2) is 11.5 Å². The Labute approximate surface area is 141 Å². The van der Waals surface area contributed by atoms with Gasteiger partial charge < -0.3 is 24.2 Å². The number of phenols is 1. The summed E-state index contributed by atoms with van der Waals surface area (Å²) in [4.78, 5) is 1.39. The molecule has 0 radical (unpaired) electrons. The molecule has 4 rings (SSSR count). The van der Waals surface area contributed by atoms with Gasteiger partial charge in [-0.2, -0.15) is 0 Å². The third-order valence-corrected chi connectivity index (χ3v) is 4.77. The average molecular weight is 328 g/mol. The van der Waals surface area contributed by atoms with Crippen LogP contribution in [0.1, 0.15) is 22.7 Å². The molecule has 24 heavy (non-hydrogen) atoms. The summed E-state index contributed by atoms with van der Waals surface area (Å²) in [5.74, 6) is 1.89. The molecule has 0 aromatic heterocycles. The standard InChI is InChI=1S/C19H21NO4/c1-13-2-4-16(21)15(10-13)19(20-6-8-22-9-7-20)14-3-5-17-18(11-14)24-12-23-17/h2-5,10-11,19,21H,6-9,12H2,1H3/p+1/t19-/m0/s1. The van der Waals surface area contributed by atoms with Crippen LogP contribution in [0.3, 0.4) is 0 Å². The molecule has 1 saturated heterocycles. The van der Waals surface area contributed by atoms with Crippen LogP contribution in [0.15, 0.2) is 36.4 Å². The SMILES string of the molecule is Cc1ccc(O)c([C@H](c2ccc3c(c2)OCO3)[NH+]2CCOCC2)c1. The number of hydrogen-bond acceptors (Lipinski definition) is 4. The van der Waals surface area contributed by atoms with Crippen molar-refractivity contribution in [1.29, 1.82) is 0 Å². The highest BCUT2D eigenvalue weighted by atomic mass is 16.7. The van der Waals surface area contributed by atoms with E-state index in [0.717, 1.165) is 54.5 Å². The van der Waals surface area contributed by atoms with Crippen molar-refractivity contribution in [3.05, 3.63) is 53.1 Å². The van der Waals surface area contributed by atoms with Crippen LogP contribution in [-0.2, 0) is 4.74 Å². The summed E-state index contributed by atoms with van der Waals surface area (Å²) < 4.78 is 16.5. The van der Waals surface area contributed by atoms with Gasteiger partial charge in [-0.1, -0.05) is 11.6 Å². The maximum absolute atomic E-state index is 10.5. The number of phenolic OH excluding ortho intramolecular Hbond substituents is 1. The summed E-state index contributed by atoms with van der Waals surface area (Å²) in [6, 6.07) is 11.9. The van der Waals surface area contributed by atoms with Gasteiger partial charge in [-0.05, 0) is 37.3 Å². The molecule has 0 bridgehead atoms. The van der Waals surface area contributed by atoms with Crippen LogP contribution in [0.5, 0.6) is 17.2 Å². The monoisotopic (exact) mass is 328 g/mol. The number of aromatic hydroxyl groups is 1. The minimum atomic E-state index is 0.0447. The second-order valence-electron chi connectivity index (χ2n) is 6.38. The Morgan fingerprint density at radius 1 is 1.00 bits per heavy atom.